The summed E-state index contributed by atoms with van der Waals surface area (Å²) in [7, 11) is 0. The third kappa shape index (κ3) is 5.78. The number of aromatic nitrogens is 2. The van der Waals surface area contributed by atoms with E-state index in [0.717, 1.165) is 17.0 Å². The Bertz CT molecular complexity index is 954. The maximum absolute atomic E-state index is 12.5. The molecule has 1 amide bonds. The zero-order valence-electron chi connectivity index (χ0n) is 17.1. The third-order valence-electron chi connectivity index (χ3n) is 3.91. The predicted molar refractivity (Wildman–Crippen MR) is 116 cm³/mol. The summed E-state index contributed by atoms with van der Waals surface area (Å²) in [6.45, 7) is 7.80. The number of hydrogen-bond acceptors (Lipinski definition) is 5. The number of amides is 1. The zero-order chi connectivity index (χ0) is 20.8. The number of benzene rings is 2. The molecular formula is C23H26N4O2. The second-order valence-corrected chi connectivity index (χ2v) is 7.27. The van der Waals surface area contributed by atoms with Crippen LogP contribution in [0.15, 0.2) is 60.7 Å². The highest BCUT2D eigenvalue weighted by molar-refractivity contribution is 5.93. The average Bonchev–Trinajstić information content (AvgIpc) is 2.69. The van der Waals surface area contributed by atoms with Gasteiger partial charge < -0.3 is 15.4 Å². The van der Waals surface area contributed by atoms with Gasteiger partial charge in [-0.1, -0.05) is 30.3 Å². The maximum Gasteiger partial charge on any atom is 0.270 e. The lowest BCUT2D eigenvalue weighted by atomic mass is 10.2. The summed E-state index contributed by atoms with van der Waals surface area (Å²) < 4.78 is 5.68. The monoisotopic (exact) mass is 390 g/mol. The minimum atomic E-state index is -0.233. The lowest BCUT2D eigenvalue weighted by molar-refractivity contribution is 0.0938. The number of rotatable bonds is 7. The van der Waals surface area contributed by atoms with E-state index in [0.29, 0.717) is 17.3 Å². The van der Waals surface area contributed by atoms with E-state index in [-0.39, 0.29) is 18.1 Å². The topological polar surface area (TPSA) is 76.1 Å². The molecular weight excluding hydrogens is 364 g/mol. The van der Waals surface area contributed by atoms with Crippen molar-refractivity contribution in [2.75, 3.05) is 5.32 Å². The Balaban J connectivity index is 1.91. The molecule has 3 rings (SSSR count). The van der Waals surface area contributed by atoms with Crippen molar-refractivity contribution in [1.82, 2.24) is 15.3 Å². The van der Waals surface area contributed by atoms with E-state index in [4.69, 9.17) is 4.74 Å². The van der Waals surface area contributed by atoms with Gasteiger partial charge in [-0.2, -0.15) is 0 Å². The molecule has 0 aliphatic heterocycles. The van der Waals surface area contributed by atoms with E-state index in [1.165, 1.54) is 0 Å². The van der Waals surface area contributed by atoms with Gasteiger partial charge in [-0.15, -0.1) is 0 Å². The van der Waals surface area contributed by atoms with Crippen molar-refractivity contribution in [2.45, 2.75) is 39.8 Å². The van der Waals surface area contributed by atoms with Crippen LogP contribution in [0.4, 0.5) is 11.5 Å². The highest BCUT2D eigenvalue weighted by atomic mass is 16.5. The second kappa shape index (κ2) is 9.19. The molecule has 0 unspecified atom stereocenters. The zero-order valence-corrected chi connectivity index (χ0v) is 17.1. The van der Waals surface area contributed by atoms with Crippen LogP contribution >= 0.6 is 0 Å². The molecule has 0 bridgehead atoms. The predicted octanol–water partition coefficient (Wildman–Crippen LogP) is 4.81. The van der Waals surface area contributed by atoms with Crippen molar-refractivity contribution in [2.24, 2.45) is 0 Å². The van der Waals surface area contributed by atoms with Gasteiger partial charge in [0.2, 0.25) is 0 Å². The molecule has 6 heteroatoms. The molecule has 0 saturated heterocycles. The summed E-state index contributed by atoms with van der Waals surface area (Å²) in [5.41, 5.74) is 2.00. The molecule has 0 fully saturated rings. The minimum absolute atomic E-state index is 0.0163. The van der Waals surface area contributed by atoms with E-state index < -0.39 is 0 Å². The van der Waals surface area contributed by atoms with Gasteiger partial charge in [0, 0.05) is 23.4 Å². The van der Waals surface area contributed by atoms with Crippen LogP contribution < -0.4 is 15.4 Å². The molecule has 1 heterocycles. The lowest BCUT2D eigenvalue weighted by Gasteiger charge is -2.13. The minimum Gasteiger partial charge on any atom is -0.491 e. The summed E-state index contributed by atoms with van der Waals surface area (Å²) in [5.74, 6) is 1.60. The van der Waals surface area contributed by atoms with Crippen LogP contribution in [-0.4, -0.2) is 28.0 Å². The maximum atomic E-state index is 12.5. The van der Waals surface area contributed by atoms with Gasteiger partial charge in [-0.3, -0.25) is 4.79 Å². The molecule has 0 radical (unpaired) electrons. The van der Waals surface area contributed by atoms with Gasteiger partial charge in [0.05, 0.1) is 6.10 Å². The first-order valence-electron chi connectivity index (χ1n) is 9.70. The number of carbonyl (C=O) groups excluding carboxylic acids is 1. The molecule has 1 aromatic heterocycles. The second-order valence-electron chi connectivity index (χ2n) is 7.27. The molecule has 6 nitrogen and oxygen atoms in total. The van der Waals surface area contributed by atoms with Crippen LogP contribution in [0.3, 0.4) is 0 Å². The van der Waals surface area contributed by atoms with Gasteiger partial charge in [0.15, 0.2) is 5.82 Å². The van der Waals surface area contributed by atoms with E-state index in [9.17, 15) is 4.79 Å². The van der Waals surface area contributed by atoms with Gasteiger partial charge in [0.25, 0.3) is 5.91 Å². The van der Waals surface area contributed by atoms with Crippen molar-refractivity contribution in [1.29, 1.82) is 0 Å². The first-order chi connectivity index (χ1) is 13.9. The fourth-order valence-electron chi connectivity index (χ4n) is 2.72. The smallest absolute Gasteiger partial charge is 0.270 e. The number of nitrogens with zero attached hydrogens (tertiary/aromatic N) is 2. The van der Waals surface area contributed by atoms with Crippen LogP contribution in [0.25, 0.3) is 11.4 Å². The molecule has 2 N–H and O–H groups in total. The first kappa shape index (κ1) is 20.3. The molecule has 0 atom stereocenters. The summed E-state index contributed by atoms with van der Waals surface area (Å²) in [4.78, 5) is 21.6. The Kier molecular flexibility index (Phi) is 6.44. The Labute approximate surface area is 171 Å². The number of ether oxygens (including phenoxy) is 1. The Hall–Kier alpha value is -3.41. The average molecular weight is 390 g/mol. The fraction of sp³-hybridized carbons (Fsp3) is 0.261. The van der Waals surface area contributed by atoms with Crippen molar-refractivity contribution >= 4 is 17.4 Å². The van der Waals surface area contributed by atoms with Crippen molar-refractivity contribution in [3.63, 3.8) is 0 Å². The number of carbonyl (C=O) groups is 1. The van der Waals surface area contributed by atoms with Crippen LogP contribution in [0.5, 0.6) is 5.75 Å². The van der Waals surface area contributed by atoms with E-state index in [2.05, 4.69) is 20.6 Å². The molecule has 3 aromatic rings. The van der Waals surface area contributed by atoms with Gasteiger partial charge in [-0.05, 0) is 52.0 Å². The van der Waals surface area contributed by atoms with Crippen LogP contribution in [-0.2, 0) is 0 Å². The van der Waals surface area contributed by atoms with Gasteiger partial charge in [-0.25, -0.2) is 9.97 Å². The highest BCUT2D eigenvalue weighted by Crippen LogP contribution is 2.23. The molecule has 2 aromatic carbocycles. The summed E-state index contributed by atoms with van der Waals surface area (Å²) in [6.07, 6.45) is 0.117. The highest BCUT2D eigenvalue weighted by Gasteiger charge is 2.14. The third-order valence-corrected chi connectivity index (χ3v) is 3.91. The van der Waals surface area contributed by atoms with E-state index in [1.807, 2.05) is 82.3 Å². The van der Waals surface area contributed by atoms with Crippen LogP contribution in [0.2, 0.25) is 0 Å². The SMILES string of the molecule is CC(C)NC(=O)c1cc(Nc2ccc(OC(C)C)cc2)nc(-c2ccccc2)n1. The Morgan fingerprint density at radius 3 is 2.24 bits per heavy atom. The summed E-state index contributed by atoms with van der Waals surface area (Å²) >= 11 is 0. The van der Waals surface area contributed by atoms with Gasteiger partial charge in [0.1, 0.15) is 17.3 Å². The number of nitrogens with one attached hydrogen (secondary N) is 2. The van der Waals surface area contributed by atoms with Crippen molar-refractivity contribution in [3.05, 3.63) is 66.4 Å². The normalized spacial score (nSPS) is 10.8. The van der Waals surface area contributed by atoms with Crippen molar-refractivity contribution < 1.29 is 9.53 Å². The first-order valence-corrected chi connectivity index (χ1v) is 9.70. The summed E-state index contributed by atoms with van der Waals surface area (Å²) in [5, 5.41) is 6.14. The Morgan fingerprint density at radius 1 is 0.931 bits per heavy atom. The molecule has 0 saturated carbocycles. The molecule has 0 aliphatic rings. The fourth-order valence-corrected chi connectivity index (χ4v) is 2.72. The quantitative estimate of drug-likeness (QED) is 0.605. The van der Waals surface area contributed by atoms with Crippen molar-refractivity contribution in [3.8, 4) is 17.1 Å². The standard InChI is InChI=1S/C23H26N4O2/c1-15(2)24-23(28)20-14-21(27-22(26-20)17-8-6-5-7-9-17)25-18-10-12-19(13-11-18)29-16(3)4/h5-16H,1-4H3,(H,24,28)(H,25,26,27). The van der Waals surface area contributed by atoms with Crippen LogP contribution in [0.1, 0.15) is 38.2 Å². The van der Waals surface area contributed by atoms with Crippen LogP contribution in [0, 0.1) is 0 Å². The summed E-state index contributed by atoms with van der Waals surface area (Å²) in [6, 6.07) is 18.9. The largest absolute Gasteiger partial charge is 0.491 e. The number of hydrogen-bond donors (Lipinski definition) is 2. The molecule has 150 valence electrons. The Morgan fingerprint density at radius 2 is 1.62 bits per heavy atom. The van der Waals surface area contributed by atoms with E-state index >= 15 is 0 Å². The number of anilines is 2. The van der Waals surface area contributed by atoms with E-state index in [1.54, 1.807) is 6.07 Å². The molecule has 0 aliphatic carbocycles. The molecule has 29 heavy (non-hydrogen) atoms. The lowest BCUT2D eigenvalue weighted by Crippen LogP contribution is -2.31. The molecule has 0 spiro atoms. The van der Waals surface area contributed by atoms with Gasteiger partial charge >= 0.3 is 0 Å².